The smallest absolute Gasteiger partial charge is 0.267 e. The van der Waals surface area contributed by atoms with E-state index in [1.807, 2.05) is 18.2 Å². The lowest BCUT2D eigenvalue weighted by atomic mass is 10.2. The maximum absolute atomic E-state index is 12.4. The molecule has 4 rings (SSSR count). The minimum Gasteiger partial charge on any atom is -0.267 e. The summed E-state index contributed by atoms with van der Waals surface area (Å²) in [5.41, 5.74) is 4.11. The lowest BCUT2D eigenvalue weighted by molar-refractivity contribution is 0.100. The first-order valence-electron chi connectivity index (χ1n) is 7.22. The van der Waals surface area contributed by atoms with Gasteiger partial charge in [-0.25, -0.2) is 14.6 Å². The maximum Gasteiger partial charge on any atom is 0.290 e. The van der Waals surface area contributed by atoms with E-state index >= 15 is 0 Å². The zero-order chi connectivity index (χ0) is 16.5. The number of benzene rings is 2. The molecule has 0 radical (unpaired) electrons. The van der Waals surface area contributed by atoms with Gasteiger partial charge in [0, 0.05) is 0 Å². The molecule has 0 atom stereocenters. The Balaban J connectivity index is 1.70. The van der Waals surface area contributed by atoms with Crippen LogP contribution in [0.25, 0.3) is 21.9 Å². The van der Waals surface area contributed by atoms with E-state index in [2.05, 4.69) is 20.4 Å². The van der Waals surface area contributed by atoms with Gasteiger partial charge < -0.3 is 0 Å². The van der Waals surface area contributed by atoms with Gasteiger partial charge in [-0.2, -0.15) is 0 Å². The molecule has 0 aliphatic heterocycles. The van der Waals surface area contributed by atoms with Crippen LogP contribution in [0.4, 0.5) is 0 Å². The van der Waals surface area contributed by atoms with Gasteiger partial charge in [0.25, 0.3) is 11.5 Å². The molecule has 0 bridgehead atoms. The van der Waals surface area contributed by atoms with Crippen LogP contribution in [0.3, 0.4) is 0 Å². The number of nitrogens with zero attached hydrogens (tertiary/aromatic N) is 4. The van der Waals surface area contributed by atoms with E-state index in [1.165, 1.54) is 12.5 Å². The third kappa shape index (κ3) is 2.38. The van der Waals surface area contributed by atoms with Crippen LogP contribution in [0.2, 0.25) is 0 Å². The first kappa shape index (κ1) is 14.0. The quantitative estimate of drug-likeness (QED) is 0.608. The highest BCUT2D eigenvalue weighted by molar-refractivity contribution is 5.99. The number of hydrogen-bond acceptors (Lipinski definition) is 5. The number of rotatable bonds is 2. The van der Waals surface area contributed by atoms with Crippen LogP contribution >= 0.6 is 0 Å². The Morgan fingerprint density at radius 3 is 2.46 bits per heavy atom. The fourth-order valence-electron chi connectivity index (χ4n) is 2.38. The zero-order valence-electron chi connectivity index (χ0n) is 12.4. The molecule has 116 valence electrons. The molecule has 0 saturated carbocycles. The average molecular weight is 317 g/mol. The highest BCUT2D eigenvalue weighted by Crippen LogP contribution is 2.09. The maximum atomic E-state index is 12.4. The molecule has 0 fully saturated rings. The van der Waals surface area contributed by atoms with Crippen molar-refractivity contribution >= 4 is 27.8 Å². The van der Waals surface area contributed by atoms with E-state index in [0.29, 0.717) is 21.9 Å². The van der Waals surface area contributed by atoms with Crippen molar-refractivity contribution in [3.63, 3.8) is 0 Å². The van der Waals surface area contributed by atoms with E-state index in [9.17, 15) is 9.59 Å². The Bertz CT molecular complexity index is 1140. The van der Waals surface area contributed by atoms with Gasteiger partial charge in [-0.15, -0.1) is 0 Å². The number of fused-ring (bicyclic) bond motifs is 2. The van der Waals surface area contributed by atoms with Gasteiger partial charge in [-0.1, -0.05) is 24.3 Å². The van der Waals surface area contributed by atoms with Crippen LogP contribution in [0.1, 0.15) is 10.5 Å². The molecule has 1 amide bonds. The van der Waals surface area contributed by atoms with Crippen molar-refractivity contribution in [1.29, 1.82) is 0 Å². The lowest BCUT2D eigenvalue weighted by Gasteiger charge is -2.08. The minimum atomic E-state index is -0.535. The van der Waals surface area contributed by atoms with E-state index in [-0.39, 0.29) is 11.3 Å². The van der Waals surface area contributed by atoms with Crippen LogP contribution in [-0.4, -0.2) is 25.5 Å². The molecule has 7 heteroatoms. The number of amides is 1. The van der Waals surface area contributed by atoms with Gasteiger partial charge >= 0.3 is 0 Å². The van der Waals surface area contributed by atoms with E-state index < -0.39 is 5.91 Å². The Labute approximate surface area is 135 Å². The molecule has 0 unspecified atom stereocenters. The van der Waals surface area contributed by atoms with Crippen molar-refractivity contribution in [3.05, 3.63) is 77.1 Å². The Morgan fingerprint density at radius 1 is 0.917 bits per heavy atom. The third-order valence-electron chi connectivity index (χ3n) is 3.57. The Hall–Kier alpha value is -3.61. The first-order chi connectivity index (χ1) is 11.7. The van der Waals surface area contributed by atoms with E-state index in [1.54, 1.807) is 30.3 Å². The predicted molar refractivity (Wildman–Crippen MR) is 89.2 cm³/mol. The molecule has 7 nitrogen and oxygen atoms in total. The number of hydrogen-bond donors (Lipinski definition) is 1. The van der Waals surface area contributed by atoms with Gasteiger partial charge in [-0.3, -0.25) is 20.0 Å². The number of carbonyl (C=O) groups is 1. The summed E-state index contributed by atoms with van der Waals surface area (Å²) in [5.74, 6) is -0.535. The predicted octanol–water partition coefficient (Wildman–Crippen LogP) is 1.72. The molecule has 4 aromatic rings. The lowest BCUT2D eigenvalue weighted by Crippen LogP contribution is -2.33. The highest BCUT2D eigenvalue weighted by atomic mass is 16.2. The summed E-state index contributed by atoms with van der Waals surface area (Å²) >= 11 is 0. The Kier molecular flexibility index (Phi) is 3.24. The zero-order valence-corrected chi connectivity index (χ0v) is 12.4. The van der Waals surface area contributed by atoms with E-state index in [4.69, 9.17) is 0 Å². The fourth-order valence-corrected chi connectivity index (χ4v) is 2.38. The molecular weight excluding hydrogens is 306 g/mol. The summed E-state index contributed by atoms with van der Waals surface area (Å²) in [4.78, 5) is 37.3. The molecule has 0 saturated heterocycles. The molecule has 0 spiro atoms. The number of nitrogens with one attached hydrogen (secondary N) is 1. The van der Waals surface area contributed by atoms with Gasteiger partial charge in [0.1, 0.15) is 12.0 Å². The summed E-state index contributed by atoms with van der Waals surface area (Å²) in [6.07, 6.45) is 2.65. The van der Waals surface area contributed by atoms with Crippen LogP contribution in [0, 0.1) is 0 Å². The molecular formula is C17H11N5O2. The van der Waals surface area contributed by atoms with Crippen molar-refractivity contribution in [3.8, 4) is 0 Å². The number of aromatic nitrogens is 4. The second kappa shape index (κ2) is 5.54. The average Bonchev–Trinajstić information content (AvgIpc) is 2.64. The summed E-state index contributed by atoms with van der Waals surface area (Å²) in [5, 5.41) is 0.421. The van der Waals surface area contributed by atoms with Crippen LogP contribution in [0.5, 0.6) is 0 Å². The first-order valence-corrected chi connectivity index (χ1v) is 7.22. The topological polar surface area (TPSA) is 89.8 Å². The SMILES string of the molecule is O=C(Nn1cnc2ccccc2c1=O)c1cnc2ccccc2n1. The summed E-state index contributed by atoms with van der Waals surface area (Å²) in [7, 11) is 0. The number of para-hydroxylation sites is 3. The van der Waals surface area contributed by atoms with Gasteiger partial charge in [0.2, 0.25) is 0 Å². The largest absolute Gasteiger partial charge is 0.290 e. The summed E-state index contributed by atoms with van der Waals surface area (Å²) in [6.45, 7) is 0. The minimum absolute atomic E-state index is 0.119. The molecule has 24 heavy (non-hydrogen) atoms. The van der Waals surface area contributed by atoms with Crippen molar-refractivity contribution in [2.75, 3.05) is 5.43 Å². The van der Waals surface area contributed by atoms with Crippen molar-refractivity contribution in [2.24, 2.45) is 0 Å². The molecule has 1 N–H and O–H groups in total. The summed E-state index contributed by atoms with van der Waals surface area (Å²) < 4.78 is 1.04. The normalized spacial score (nSPS) is 10.8. The molecule has 2 heterocycles. The standard InChI is InChI=1S/C17H11N5O2/c23-16(15-9-18-13-7-3-4-8-14(13)20-15)21-22-10-19-12-6-2-1-5-11(12)17(22)24/h1-10H,(H,21,23). The second-order valence-corrected chi connectivity index (χ2v) is 5.12. The molecule has 2 aromatic carbocycles. The highest BCUT2D eigenvalue weighted by Gasteiger charge is 2.11. The van der Waals surface area contributed by atoms with Gasteiger partial charge in [-0.05, 0) is 24.3 Å². The van der Waals surface area contributed by atoms with Crippen molar-refractivity contribution in [2.45, 2.75) is 0 Å². The van der Waals surface area contributed by atoms with E-state index in [0.717, 1.165) is 4.68 Å². The van der Waals surface area contributed by atoms with Crippen molar-refractivity contribution in [1.82, 2.24) is 19.6 Å². The van der Waals surface area contributed by atoms with Crippen LogP contribution in [0.15, 0.2) is 65.8 Å². The molecule has 2 aromatic heterocycles. The molecule has 0 aliphatic rings. The van der Waals surface area contributed by atoms with Crippen molar-refractivity contribution < 1.29 is 4.79 Å². The second-order valence-electron chi connectivity index (χ2n) is 5.12. The third-order valence-corrected chi connectivity index (χ3v) is 3.57. The monoisotopic (exact) mass is 317 g/mol. The van der Waals surface area contributed by atoms with Gasteiger partial charge in [0.15, 0.2) is 0 Å². The Morgan fingerprint density at radius 2 is 1.62 bits per heavy atom. The summed E-state index contributed by atoms with van der Waals surface area (Å²) in [6, 6.07) is 14.2. The molecule has 0 aliphatic carbocycles. The van der Waals surface area contributed by atoms with Crippen LogP contribution in [-0.2, 0) is 0 Å². The fraction of sp³-hybridized carbons (Fsp3) is 0. The van der Waals surface area contributed by atoms with Gasteiger partial charge in [0.05, 0.1) is 28.1 Å². The van der Waals surface area contributed by atoms with Crippen LogP contribution < -0.4 is 11.0 Å². The number of carbonyl (C=O) groups excluding carboxylic acids is 1.